The van der Waals surface area contributed by atoms with Crippen LogP contribution in [0.15, 0.2) is 47.1 Å². The van der Waals surface area contributed by atoms with Crippen LogP contribution in [0, 0.1) is 6.92 Å². The highest BCUT2D eigenvalue weighted by Crippen LogP contribution is 2.23. The maximum Gasteiger partial charge on any atom is 0.254 e. The van der Waals surface area contributed by atoms with E-state index in [9.17, 15) is 13.2 Å². The molecule has 1 atom stereocenters. The van der Waals surface area contributed by atoms with Gasteiger partial charge in [0, 0.05) is 11.6 Å². The van der Waals surface area contributed by atoms with Gasteiger partial charge in [0.25, 0.3) is 5.91 Å². The van der Waals surface area contributed by atoms with Crippen LogP contribution in [-0.4, -0.2) is 36.8 Å². The van der Waals surface area contributed by atoms with Gasteiger partial charge in [0.05, 0.1) is 24.3 Å². The first-order valence-corrected chi connectivity index (χ1v) is 9.38. The molecule has 2 heterocycles. The number of carbonyl (C=O) groups excluding carboxylic acids is 1. The summed E-state index contributed by atoms with van der Waals surface area (Å²) in [6, 6.07) is 10.6. The van der Waals surface area contributed by atoms with Crippen molar-refractivity contribution in [2.75, 3.05) is 11.5 Å². The number of furan rings is 1. The van der Waals surface area contributed by atoms with E-state index in [1.165, 1.54) is 0 Å². The number of amides is 1. The molecule has 6 heteroatoms. The SMILES string of the molecule is Cc1ccccc1C(=O)N(Cc1ccco1)[C@H]1CCS(=O)(=O)C1. The zero-order chi connectivity index (χ0) is 16.4. The standard InChI is InChI=1S/C17H19NO4S/c1-13-5-2-3-7-16(13)17(19)18(11-15-6-4-9-22-15)14-8-10-23(20,21)12-14/h2-7,9,14H,8,10-12H2,1H3/t14-/m0/s1. The zero-order valence-corrected chi connectivity index (χ0v) is 13.8. The maximum atomic E-state index is 13.0. The lowest BCUT2D eigenvalue weighted by molar-refractivity contribution is 0.0665. The lowest BCUT2D eigenvalue weighted by atomic mass is 10.1. The Morgan fingerprint density at radius 3 is 2.65 bits per heavy atom. The molecule has 1 aromatic heterocycles. The maximum absolute atomic E-state index is 13.0. The second-order valence-corrected chi connectivity index (χ2v) is 8.11. The van der Waals surface area contributed by atoms with Crippen LogP contribution in [0.2, 0.25) is 0 Å². The Hall–Kier alpha value is -2.08. The van der Waals surface area contributed by atoms with Crippen molar-refractivity contribution < 1.29 is 17.6 Å². The minimum atomic E-state index is -3.07. The Morgan fingerprint density at radius 1 is 1.26 bits per heavy atom. The number of hydrogen-bond donors (Lipinski definition) is 0. The first kappa shape index (κ1) is 15.8. The Kier molecular flexibility index (Phi) is 4.26. The highest BCUT2D eigenvalue weighted by molar-refractivity contribution is 7.91. The third kappa shape index (κ3) is 3.47. The average Bonchev–Trinajstić information content (AvgIpc) is 3.14. The second-order valence-electron chi connectivity index (χ2n) is 5.88. The summed E-state index contributed by atoms with van der Waals surface area (Å²) in [5.74, 6) is 0.649. The van der Waals surface area contributed by atoms with Crippen LogP contribution in [-0.2, 0) is 16.4 Å². The molecule has 0 radical (unpaired) electrons. The summed E-state index contributed by atoms with van der Waals surface area (Å²) in [4.78, 5) is 14.6. The molecule has 5 nitrogen and oxygen atoms in total. The number of rotatable bonds is 4. The van der Waals surface area contributed by atoms with Crippen molar-refractivity contribution in [2.24, 2.45) is 0 Å². The topological polar surface area (TPSA) is 67.6 Å². The molecule has 0 unspecified atom stereocenters. The van der Waals surface area contributed by atoms with Crippen molar-refractivity contribution >= 4 is 15.7 Å². The van der Waals surface area contributed by atoms with E-state index >= 15 is 0 Å². The third-order valence-electron chi connectivity index (χ3n) is 4.19. The molecule has 0 bridgehead atoms. The van der Waals surface area contributed by atoms with Crippen LogP contribution in [0.3, 0.4) is 0 Å². The van der Waals surface area contributed by atoms with Crippen LogP contribution in [0.25, 0.3) is 0 Å². The number of sulfone groups is 1. The number of hydrogen-bond acceptors (Lipinski definition) is 4. The molecule has 1 saturated heterocycles. The van der Waals surface area contributed by atoms with E-state index in [4.69, 9.17) is 4.42 Å². The summed E-state index contributed by atoms with van der Waals surface area (Å²) in [5, 5.41) is 0. The van der Waals surface area contributed by atoms with Gasteiger partial charge in [-0.05, 0) is 37.1 Å². The summed E-state index contributed by atoms with van der Waals surface area (Å²) in [7, 11) is -3.07. The highest BCUT2D eigenvalue weighted by Gasteiger charge is 2.35. The molecule has 1 fully saturated rings. The number of carbonyl (C=O) groups is 1. The Morgan fingerprint density at radius 2 is 2.04 bits per heavy atom. The average molecular weight is 333 g/mol. The van der Waals surface area contributed by atoms with Gasteiger partial charge in [-0.1, -0.05) is 18.2 Å². The molecular weight excluding hydrogens is 314 g/mol. The van der Waals surface area contributed by atoms with Crippen LogP contribution in [0.4, 0.5) is 0 Å². The van der Waals surface area contributed by atoms with Gasteiger partial charge >= 0.3 is 0 Å². The monoisotopic (exact) mass is 333 g/mol. The van der Waals surface area contributed by atoms with Gasteiger partial charge in [0.15, 0.2) is 9.84 Å². The van der Waals surface area contributed by atoms with E-state index in [-0.39, 0.29) is 30.0 Å². The summed E-state index contributed by atoms with van der Waals surface area (Å²) < 4.78 is 29.0. The summed E-state index contributed by atoms with van der Waals surface area (Å²) >= 11 is 0. The van der Waals surface area contributed by atoms with Crippen LogP contribution < -0.4 is 0 Å². The molecule has 0 saturated carbocycles. The van der Waals surface area contributed by atoms with Gasteiger partial charge in [0.1, 0.15) is 5.76 Å². The third-order valence-corrected chi connectivity index (χ3v) is 5.94. The van der Waals surface area contributed by atoms with Gasteiger partial charge in [-0.25, -0.2) is 8.42 Å². The normalized spacial score (nSPS) is 19.6. The largest absolute Gasteiger partial charge is 0.467 e. The van der Waals surface area contributed by atoms with Crippen LogP contribution in [0.5, 0.6) is 0 Å². The predicted octanol–water partition coefficient (Wildman–Crippen LogP) is 2.42. The molecule has 2 aromatic rings. The van der Waals surface area contributed by atoms with Crippen molar-refractivity contribution in [3.05, 3.63) is 59.5 Å². The van der Waals surface area contributed by atoms with Crippen molar-refractivity contribution in [3.8, 4) is 0 Å². The zero-order valence-electron chi connectivity index (χ0n) is 12.9. The van der Waals surface area contributed by atoms with E-state index in [2.05, 4.69) is 0 Å². The fourth-order valence-electron chi connectivity index (χ4n) is 2.93. The number of benzene rings is 1. The first-order valence-electron chi connectivity index (χ1n) is 7.56. The van der Waals surface area contributed by atoms with Gasteiger partial charge in [-0.15, -0.1) is 0 Å². The fourth-order valence-corrected chi connectivity index (χ4v) is 4.66. The highest BCUT2D eigenvalue weighted by atomic mass is 32.2. The lowest BCUT2D eigenvalue weighted by Crippen LogP contribution is -2.40. The van der Waals surface area contributed by atoms with Crippen LogP contribution >= 0.6 is 0 Å². The Labute approximate surface area is 135 Å². The van der Waals surface area contributed by atoms with Gasteiger partial charge < -0.3 is 9.32 Å². The molecule has 1 aliphatic rings. The minimum Gasteiger partial charge on any atom is -0.467 e. The van der Waals surface area contributed by atoms with Gasteiger partial charge in [-0.2, -0.15) is 0 Å². The van der Waals surface area contributed by atoms with E-state index in [1.807, 2.05) is 25.1 Å². The summed E-state index contributed by atoms with van der Waals surface area (Å²) in [5.41, 5.74) is 1.48. The van der Waals surface area contributed by atoms with Crippen molar-refractivity contribution in [1.82, 2.24) is 4.90 Å². The molecule has 23 heavy (non-hydrogen) atoms. The number of aryl methyl sites for hydroxylation is 1. The van der Waals surface area contributed by atoms with Crippen molar-refractivity contribution in [3.63, 3.8) is 0 Å². The fraction of sp³-hybridized carbons (Fsp3) is 0.353. The first-order chi connectivity index (χ1) is 11.0. The molecule has 0 spiro atoms. The smallest absolute Gasteiger partial charge is 0.254 e. The van der Waals surface area contributed by atoms with E-state index < -0.39 is 9.84 Å². The molecule has 0 N–H and O–H groups in total. The molecule has 1 amide bonds. The predicted molar refractivity (Wildman–Crippen MR) is 86.8 cm³/mol. The molecule has 0 aliphatic carbocycles. The molecule has 1 aromatic carbocycles. The molecular formula is C17H19NO4S. The van der Waals surface area contributed by atoms with Gasteiger partial charge in [0.2, 0.25) is 0 Å². The van der Waals surface area contributed by atoms with Crippen LogP contribution in [0.1, 0.15) is 28.1 Å². The lowest BCUT2D eigenvalue weighted by Gasteiger charge is -2.28. The quantitative estimate of drug-likeness (QED) is 0.862. The van der Waals surface area contributed by atoms with E-state index in [0.717, 1.165) is 5.56 Å². The minimum absolute atomic E-state index is 0.0192. The van der Waals surface area contributed by atoms with Crippen molar-refractivity contribution in [1.29, 1.82) is 0 Å². The van der Waals surface area contributed by atoms with Crippen molar-refractivity contribution in [2.45, 2.75) is 25.9 Å². The Bertz CT molecular complexity index is 796. The second kappa shape index (κ2) is 6.20. The molecule has 1 aliphatic heterocycles. The van der Waals surface area contributed by atoms with Gasteiger partial charge in [-0.3, -0.25) is 4.79 Å². The summed E-state index contributed by atoms with van der Waals surface area (Å²) in [6.45, 7) is 2.16. The summed E-state index contributed by atoms with van der Waals surface area (Å²) in [6.07, 6.45) is 2.03. The number of nitrogens with zero attached hydrogens (tertiary/aromatic N) is 1. The molecule has 3 rings (SSSR count). The molecule has 122 valence electrons. The van der Waals surface area contributed by atoms with E-state index in [0.29, 0.717) is 17.7 Å². The Balaban J connectivity index is 1.91. The van der Waals surface area contributed by atoms with E-state index in [1.54, 1.807) is 29.4 Å².